The van der Waals surface area contributed by atoms with E-state index in [0.717, 1.165) is 5.56 Å². The summed E-state index contributed by atoms with van der Waals surface area (Å²) in [6.07, 6.45) is 1.52. The summed E-state index contributed by atoms with van der Waals surface area (Å²) in [6.45, 7) is 0.260. The highest BCUT2D eigenvalue weighted by molar-refractivity contribution is 9.10. The van der Waals surface area contributed by atoms with Gasteiger partial charge in [0.2, 0.25) is 0 Å². The van der Waals surface area contributed by atoms with Gasteiger partial charge in [-0.15, -0.1) is 12.4 Å². The third-order valence-electron chi connectivity index (χ3n) is 3.13. The summed E-state index contributed by atoms with van der Waals surface area (Å²) in [4.78, 5) is 11.4. The van der Waals surface area contributed by atoms with Crippen LogP contribution in [0.2, 0.25) is 5.02 Å². The first-order valence-corrected chi connectivity index (χ1v) is 8.95. The molecular weight excluding hydrogens is 441 g/mol. The third kappa shape index (κ3) is 5.07. The number of primary amides is 1. The van der Waals surface area contributed by atoms with E-state index in [9.17, 15) is 13.2 Å². The van der Waals surface area contributed by atoms with Crippen LogP contribution in [-0.4, -0.2) is 18.9 Å². The topological polar surface area (TPSA) is 106 Å². The number of carbonyl (C=O) groups excluding carboxylic acids is 1. The van der Waals surface area contributed by atoms with E-state index in [4.69, 9.17) is 22.7 Å². The first-order valence-electron chi connectivity index (χ1n) is 6.41. The van der Waals surface area contributed by atoms with Gasteiger partial charge in [-0.1, -0.05) is 39.7 Å². The maximum atomic E-state index is 11.4. The molecule has 0 fully saturated rings. The van der Waals surface area contributed by atoms with Crippen LogP contribution in [0.4, 0.5) is 0 Å². The number of benzene rings is 1. The molecule has 1 amide bonds. The number of amides is 1. The molecule has 2 rings (SSSR count). The first-order chi connectivity index (χ1) is 10.8. The van der Waals surface area contributed by atoms with Gasteiger partial charge in [0.1, 0.15) is 16.2 Å². The van der Waals surface area contributed by atoms with Crippen molar-refractivity contribution in [1.82, 2.24) is 4.57 Å². The maximum absolute atomic E-state index is 11.4. The molecule has 2 aromatic rings. The average molecular weight is 455 g/mol. The Morgan fingerprint density at radius 1 is 1.33 bits per heavy atom. The van der Waals surface area contributed by atoms with Crippen molar-refractivity contribution in [2.24, 2.45) is 5.73 Å². The molecule has 0 unspecified atom stereocenters. The minimum Gasteiger partial charge on any atom is -0.365 e. The minimum absolute atomic E-state index is 0. The summed E-state index contributed by atoms with van der Waals surface area (Å²) < 4.78 is 24.0. The van der Waals surface area contributed by atoms with E-state index in [1.54, 1.807) is 18.2 Å². The van der Waals surface area contributed by atoms with Gasteiger partial charge in [0, 0.05) is 17.2 Å². The smallest absolute Gasteiger partial charge is 0.252 e. The number of halogens is 3. The Morgan fingerprint density at radius 3 is 2.58 bits per heavy atom. The molecular formula is C14H14BrCl2N3O3S. The first kappa shape index (κ1) is 20.7. The summed E-state index contributed by atoms with van der Waals surface area (Å²) in [5, 5.41) is 8.32. The number of hydrogen-bond acceptors (Lipinski definition) is 4. The lowest BCUT2D eigenvalue weighted by atomic mass is 10.1. The lowest BCUT2D eigenvalue weighted by molar-refractivity contribution is 0.0997. The van der Waals surface area contributed by atoms with Crippen molar-refractivity contribution in [2.45, 2.75) is 12.3 Å². The van der Waals surface area contributed by atoms with Gasteiger partial charge in [-0.05, 0) is 23.3 Å². The molecule has 0 saturated carbocycles. The Bertz CT molecular complexity index is 905. The number of hydrogen-bond donors (Lipinski definition) is 3. The molecule has 6 nitrogen and oxygen atoms in total. The fourth-order valence-electron chi connectivity index (χ4n) is 2.11. The second kappa shape index (κ2) is 8.66. The Labute approximate surface area is 159 Å². The SMILES string of the molecule is Cl.N=c1c(C(N)=O)cc(Cl)cn1Cc1ccc(Br)c(C[SH](=O)=O)c1. The second-order valence-electron chi connectivity index (χ2n) is 4.83. The van der Waals surface area contributed by atoms with Gasteiger partial charge in [0.15, 0.2) is 0 Å². The van der Waals surface area contributed by atoms with E-state index >= 15 is 0 Å². The zero-order chi connectivity index (χ0) is 17.1. The van der Waals surface area contributed by atoms with Gasteiger partial charge in [-0.3, -0.25) is 10.2 Å². The number of pyridine rings is 1. The van der Waals surface area contributed by atoms with Gasteiger partial charge in [-0.25, -0.2) is 8.42 Å². The van der Waals surface area contributed by atoms with Crippen LogP contribution in [0.15, 0.2) is 34.9 Å². The number of nitrogens with two attached hydrogens (primary N) is 1. The number of nitrogens with one attached hydrogen (secondary N) is 1. The van der Waals surface area contributed by atoms with Gasteiger partial charge < -0.3 is 10.3 Å². The second-order valence-corrected chi connectivity index (χ2v) is 7.10. The molecule has 0 atom stereocenters. The van der Waals surface area contributed by atoms with E-state index in [1.165, 1.54) is 16.8 Å². The fourth-order valence-corrected chi connectivity index (χ4v) is 3.48. The predicted octanol–water partition coefficient (Wildman–Crippen LogP) is 2.06. The summed E-state index contributed by atoms with van der Waals surface area (Å²) in [5.74, 6) is -0.810. The van der Waals surface area contributed by atoms with Gasteiger partial charge >= 0.3 is 0 Å². The van der Waals surface area contributed by atoms with Crippen LogP contribution in [-0.2, 0) is 23.0 Å². The number of nitrogens with zero attached hydrogens (tertiary/aromatic N) is 1. The van der Waals surface area contributed by atoms with Crippen LogP contribution >= 0.6 is 39.9 Å². The molecule has 1 aromatic heterocycles. The van der Waals surface area contributed by atoms with E-state index in [0.29, 0.717) is 10.0 Å². The molecule has 0 bridgehead atoms. The molecule has 0 aliphatic carbocycles. The Hall–Kier alpha value is -1.35. The number of thiol groups is 1. The summed E-state index contributed by atoms with van der Waals surface area (Å²) in [6, 6.07) is 6.61. The highest BCUT2D eigenvalue weighted by Gasteiger charge is 2.10. The zero-order valence-corrected chi connectivity index (χ0v) is 16.2. The quantitative estimate of drug-likeness (QED) is 0.602. The van der Waals surface area contributed by atoms with E-state index in [-0.39, 0.29) is 40.8 Å². The number of aromatic nitrogens is 1. The lowest BCUT2D eigenvalue weighted by Gasteiger charge is -2.11. The molecule has 3 N–H and O–H groups in total. The zero-order valence-electron chi connectivity index (χ0n) is 12.2. The average Bonchev–Trinajstić information content (AvgIpc) is 2.45. The fraction of sp³-hybridized carbons (Fsp3) is 0.143. The molecule has 10 heteroatoms. The molecule has 1 aromatic carbocycles. The largest absolute Gasteiger partial charge is 0.365 e. The van der Waals surface area contributed by atoms with E-state index < -0.39 is 16.6 Å². The van der Waals surface area contributed by atoms with E-state index in [2.05, 4.69) is 15.9 Å². The highest BCUT2D eigenvalue weighted by atomic mass is 79.9. The molecule has 0 aliphatic heterocycles. The number of rotatable bonds is 5. The molecule has 0 aliphatic rings. The number of carbonyl (C=O) groups is 1. The maximum Gasteiger partial charge on any atom is 0.252 e. The van der Waals surface area contributed by atoms with E-state index in [1.807, 2.05) is 0 Å². The Balaban J connectivity index is 0.00000288. The minimum atomic E-state index is -2.55. The molecule has 0 saturated heterocycles. The van der Waals surface area contributed by atoms with Gasteiger partial charge in [0.05, 0.1) is 16.3 Å². The van der Waals surface area contributed by atoms with Crippen molar-refractivity contribution in [2.75, 3.05) is 0 Å². The van der Waals surface area contributed by atoms with Crippen molar-refractivity contribution < 1.29 is 13.2 Å². The van der Waals surface area contributed by atoms with Crippen molar-refractivity contribution in [3.05, 3.63) is 62.1 Å². The molecule has 0 spiro atoms. The molecule has 1 heterocycles. The van der Waals surface area contributed by atoms with Gasteiger partial charge in [-0.2, -0.15) is 0 Å². The summed E-state index contributed by atoms with van der Waals surface area (Å²) in [5.41, 5.74) is 6.61. The summed E-state index contributed by atoms with van der Waals surface area (Å²) >= 11 is 9.27. The van der Waals surface area contributed by atoms with Gasteiger partial charge in [0.25, 0.3) is 5.91 Å². The molecule has 24 heavy (non-hydrogen) atoms. The van der Waals surface area contributed by atoms with Crippen molar-refractivity contribution in [1.29, 1.82) is 5.41 Å². The van der Waals surface area contributed by atoms with Crippen LogP contribution in [0.25, 0.3) is 0 Å². The lowest BCUT2D eigenvalue weighted by Crippen LogP contribution is -2.29. The van der Waals surface area contributed by atoms with Crippen molar-refractivity contribution in [3.63, 3.8) is 0 Å². The highest BCUT2D eigenvalue weighted by Crippen LogP contribution is 2.20. The van der Waals surface area contributed by atoms with Crippen molar-refractivity contribution in [3.8, 4) is 0 Å². The Kier molecular flexibility index (Phi) is 7.47. The predicted molar refractivity (Wildman–Crippen MR) is 98.3 cm³/mol. The van der Waals surface area contributed by atoms with Crippen LogP contribution < -0.4 is 11.2 Å². The third-order valence-corrected chi connectivity index (χ3v) is 4.71. The summed E-state index contributed by atoms with van der Waals surface area (Å²) in [7, 11) is -2.55. The van der Waals surface area contributed by atoms with Crippen molar-refractivity contribution >= 4 is 56.5 Å². The van der Waals surface area contributed by atoms with Crippen LogP contribution in [0.5, 0.6) is 0 Å². The monoisotopic (exact) mass is 453 g/mol. The Morgan fingerprint density at radius 2 is 2.00 bits per heavy atom. The van der Waals surface area contributed by atoms with Crippen LogP contribution in [0, 0.1) is 5.41 Å². The molecule has 0 radical (unpaired) electrons. The van der Waals surface area contributed by atoms with Crippen LogP contribution in [0.1, 0.15) is 21.5 Å². The normalized spacial score (nSPS) is 10.5. The molecule has 130 valence electrons. The standard InChI is InChI=1S/C14H13BrClN3O3S.ClH/c15-12-2-1-8(3-9(12)7-23(21)22)5-19-6-10(16)4-11(13(19)17)14(18)20;/h1-4,6,17,23H,5,7H2,(H2,18,20);1H. The van der Waals surface area contributed by atoms with Crippen LogP contribution in [0.3, 0.4) is 0 Å².